The summed E-state index contributed by atoms with van der Waals surface area (Å²) in [6, 6.07) is 4.52. The number of hydrogen-bond acceptors (Lipinski definition) is 9. The van der Waals surface area contributed by atoms with Gasteiger partial charge in [-0.05, 0) is 50.2 Å². The summed E-state index contributed by atoms with van der Waals surface area (Å²) in [5.74, 6) is 0.245. The van der Waals surface area contributed by atoms with Gasteiger partial charge in [0.2, 0.25) is 0 Å². The molecule has 4 aromatic heterocycles. The van der Waals surface area contributed by atoms with Crippen LogP contribution < -0.4 is 10.2 Å². The maximum Gasteiger partial charge on any atom is 0.418 e. The number of halogens is 6. The lowest BCUT2D eigenvalue weighted by Gasteiger charge is -2.23. The van der Waals surface area contributed by atoms with Gasteiger partial charge in [-0.15, -0.1) is 10.2 Å². The van der Waals surface area contributed by atoms with Crippen molar-refractivity contribution in [3.8, 4) is 11.4 Å². The van der Waals surface area contributed by atoms with Gasteiger partial charge in [-0.25, -0.2) is 19.9 Å². The third-order valence-electron chi connectivity index (χ3n) is 6.87. The van der Waals surface area contributed by atoms with Gasteiger partial charge in [0.05, 0.1) is 23.0 Å². The summed E-state index contributed by atoms with van der Waals surface area (Å²) in [5, 5.41) is 10.9. The molecule has 0 amide bonds. The minimum absolute atomic E-state index is 0.00287. The molecule has 1 N–H and O–H groups in total. The van der Waals surface area contributed by atoms with Crippen LogP contribution >= 0.6 is 0 Å². The number of fused-ring (bicyclic) bond motifs is 1. The molecular weight excluding hydrogens is 564 g/mol. The highest BCUT2D eigenvalue weighted by Crippen LogP contribution is 2.37. The number of nitrogens with one attached hydrogen (secondary N) is 1. The Balaban J connectivity index is 1.42. The zero-order valence-corrected chi connectivity index (χ0v) is 22.5. The highest BCUT2D eigenvalue weighted by Gasteiger charge is 2.37. The Morgan fingerprint density at radius 2 is 1.71 bits per heavy atom. The molecule has 0 saturated carbocycles. The van der Waals surface area contributed by atoms with Gasteiger partial charge in [-0.2, -0.15) is 26.3 Å². The van der Waals surface area contributed by atoms with Crippen LogP contribution in [0.4, 0.5) is 43.7 Å². The fourth-order valence-corrected chi connectivity index (χ4v) is 4.66. The zero-order chi connectivity index (χ0) is 29.9. The van der Waals surface area contributed by atoms with Crippen molar-refractivity contribution < 1.29 is 26.3 Å². The Kier molecular flexibility index (Phi) is 8.38. The number of alkyl halides is 6. The lowest BCUT2D eigenvalue weighted by Crippen LogP contribution is -2.32. The average molecular weight is 592 g/mol. The first-order valence-corrected chi connectivity index (χ1v) is 13.4. The van der Waals surface area contributed by atoms with E-state index in [4.69, 9.17) is 0 Å². The second kappa shape index (κ2) is 12.0. The molecule has 0 atom stereocenters. The van der Waals surface area contributed by atoms with Crippen LogP contribution in [0.1, 0.15) is 37.3 Å². The van der Waals surface area contributed by atoms with Crippen molar-refractivity contribution in [2.45, 2.75) is 38.5 Å². The molecule has 1 aliphatic heterocycles. The smallest absolute Gasteiger partial charge is 0.354 e. The summed E-state index contributed by atoms with van der Waals surface area (Å²) < 4.78 is 81.3. The van der Waals surface area contributed by atoms with Gasteiger partial charge in [0.1, 0.15) is 22.7 Å². The van der Waals surface area contributed by atoms with E-state index in [1.165, 1.54) is 12.3 Å². The van der Waals surface area contributed by atoms with E-state index in [0.29, 0.717) is 25.0 Å². The van der Waals surface area contributed by atoms with Crippen molar-refractivity contribution in [3.63, 3.8) is 0 Å². The molecule has 0 unspecified atom stereocenters. The minimum Gasteiger partial charge on any atom is -0.354 e. The van der Waals surface area contributed by atoms with Crippen molar-refractivity contribution in [2.24, 2.45) is 0 Å². The van der Waals surface area contributed by atoms with Crippen LogP contribution in [0.5, 0.6) is 0 Å². The summed E-state index contributed by atoms with van der Waals surface area (Å²) in [6.07, 6.45) is -3.17. The van der Waals surface area contributed by atoms with Gasteiger partial charge in [0.15, 0.2) is 11.5 Å². The first-order valence-electron chi connectivity index (χ1n) is 13.4. The highest BCUT2D eigenvalue weighted by atomic mass is 19.4. The van der Waals surface area contributed by atoms with Gasteiger partial charge in [0, 0.05) is 32.0 Å². The summed E-state index contributed by atoms with van der Waals surface area (Å²) in [7, 11) is 0. The molecule has 0 aliphatic carbocycles. The summed E-state index contributed by atoms with van der Waals surface area (Å²) in [4.78, 5) is 20.5. The monoisotopic (exact) mass is 591 g/mol. The molecule has 1 saturated heterocycles. The van der Waals surface area contributed by atoms with E-state index in [1.807, 2.05) is 4.90 Å². The molecule has 4 aromatic rings. The molecule has 222 valence electrons. The molecular formula is C27H27F6N9. The van der Waals surface area contributed by atoms with Crippen LogP contribution in [0.25, 0.3) is 22.6 Å². The van der Waals surface area contributed by atoms with Gasteiger partial charge in [-0.1, -0.05) is 13.3 Å². The van der Waals surface area contributed by atoms with Crippen LogP contribution in [-0.4, -0.2) is 67.8 Å². The molecule has 0 spiro atoms. The maximum absolute atomic E-state index is 14.2. The Labute approximate surface area is 237 Å². The van der Waals surface area contributed by atoms with Gasteiger partial charge in [-0.3, -0.25) is 0 Å². The molecule has 5 heterocycles. The number of anilines is 3. The number of rotatable bonds is 7. The fraction of sp³-hybridized carbons (Fsp3) is 0.407. The third kappa shape index (κ3) is 6.66. The predicted octanol–water partition coefficient (Wildman–Crippen LogP) is 5.97. The number of pyridine rings is 2. The molecule has 0 bridgehead atoms. The van der Waals surface area contributed by atoms with Gasteiger partial charge >= 0.3 is 12.4 Å². The van der Waals surface area contributed by atoms with Crippen molar-refractivity contribution in [1.82, 2.24) is 35.0 Å². The maximum atomic E-state index is 14.2. The molecule has 1 aliphatic rings. The molecule has 9 nitrogen and oxygen atoms in total. The largest absolute Gasteiger partial charge is 0.418 e. The van der Waals surface area contributed by atoms with E-state index in [1.54, 1.807) is 0 Å². The van der Waals surface area contributed by atoms with Crippen LogP contribution in [0.3, 0.4) is 0 Å². The molecule has 42 heavy (non-hydrogen) atoms. The van der Waals surface area contributed by atoms with Crippen molar-refractivity contribution in [3.05, 3.63) is 54.0 Å². The normalized spacial score (nSPS) is 15.2. The second-order valence-corrected chi connectivity index (χ2v) is 9.84. The lowest BCUT2D eigenvalue weighted by molar-refractivity contribution is -0.138. The first kappa shape index (κ1) is 29.4. The van der Waals surface area contributed by atoms with E-state index in [0.717, 1.165) is 63.3 Å². The summed E-state index contributed by atoms with van der Waals surface area (Å²) in [6.45, 7) is 5.78. The third-order valence-corrected chi connectivity index (χ3v) is 6.87. The van der Waals surface area contributed by atoms with Crippen LogP contribution in [-0.2, 0) is 12.4 Å². The van der Waals surface area contributed by atoms with Crippen LogP contribution in [0.2, 0.25) is 0 Å². The summed E-state index contributed by atoms with van der Waals surface area (Å²) in [5.41, 5.74) is -2.07. The quantitative estimate of drug-likeness (QED) is 0.261. The number of unbranched alkanes of at least 4 members (excludes halogenated alkanes) is 1. The van der Waals surface area contributed by atoms with Crippen molar-refractivity contribution in [2.75, 3.05) is 42.9 Å². The van der Waals surface area contributed by atoms with E-state index in [2.05, 4.69) is 47.3 Å². The van der Waals surface area contributed by atoms with Crippen molar-refractivity contribution >= 4 is 28.5 Å². The highest BCUT2D eigenvalue weighted by molar-refractivity contribution is 5.87. The predicted molar refractivity (Wildman–Crippen MR) is 144 cm³/mol. The molecule has 15 heteroatoms. The van der Waals surface area contributed by atoms with E-state index >= 15 is 0 Å². The van der Waals surface area contributed by atoms with Gasteiger partial charge < -0.3 is 15.1 Å². The first-order chi connectivity index (χ1) is 20.0. The number of hydrogen-bond donors (Lipinski definition) is 1. The van der Waals surface area contributed by atoms with E-state index in [9.17, 15) is 26.3 Å². The summed E-state index contributed by atoms with van der Waals surface area (Å²) >= 11 is 0. The molecule has 0 radical (unpaired) electrons. The van der Waals surface area contributed by atoms with Crippen LogP contribution in [0, 0.1) is 0 Å². The number of aromatic nitrogens is 6. The zero-order valence-electron chi connectivity index (χ0n) is 22.5. The second-order valence-electron chi connectivity index (χ2n) is 9.84. The Hall–Kier alpha value is -4.14. The fourth-order valence-electron chi connectivity index (χ4n) is 4.66. The molecule has 5 rings (SSSR count). The van der Waals surface area contributed by atoms with Crippen LogP contribution in [0.15, 0.2) is 42.9 Å². The van der Waals surface area contributed by atoms with E-state index in [-0.39, 0.29) is 28.5 Å². The van der Waals surface area contributed by atoms with Crippen molar-refractivity contribution in [1.29, 1.82) is 0 Å². The lowest BCUT2D eigenvalue weighted by atomic mass is 10.1. The number of nitrogens with zero attached hydrogens (tertiary/aromatic N) is 8. The molecule has 1 fully saturated rings. The Morgan fingerprint density at radius 1 is 0.881 bits per heavy atom. The SMILES string of the molecule is CCCCN1CCCN(c2cc(C(F)(F)F)c(-c3cnc4c(Nc5ccc(C(F)(F)F)cn5)ccnc4n3)nn2)CC1. The Morgan fingerprint density at radius 3 is 2.43 bits per heavy atom. The minimum atomic E-state index is -4.74. The topological polar surface area (TPSA) is 95.8 Å². The molecule has 0 aromatic carbocycles. The van der Waals surface area contributed by atoms with E-state index < -0.39 is 29.2 Å². The Bertz CT molecular complexity index is 1530. The standard InChI is InChI=1S/C27H27F6N9/c1-2-3-9-41-10-4-11-42(13-12-41)22-14-18(27(31,32)33)23(40-39-22)20-16-36-24-19(7-8-34-25(24)38-20)37-21-6-5-17(15-35-21)26(28,29)30/h5-8,14-16H,2-4,9-13H2,1H3,(H,34,35,37,38). The van der Waals surface area contributed by atoms with Gasteiger partial charge in [0.25, 0.3) is 0 Å². The average Bonchev–Trinajstić information content (AvgIpc) is 3.21.